The third-order valence-corrected chi connectivity index (χ3v) is 4.61. The Labute approximate surface area is 172 Å². The number of amides is 1. The fourth-order valence-electron chi connectivity index (χ4n) is 2.89. The van der Waals surface area contributed by atoms with E-state index in [0.29, 0.717) is 36.0 Å². The number of allylic oxidation sites excluding steroid dienone is 1. The molecule has 1 aromatic rings. The molecule has 1 saturated carbocycles. The highest BCUT2D eigenvalue weighted by Gasteiger charge is 2.22. The second-order valence-corrected chi connectivity index (χ2v) is 6.97. The van der Waals surface area contributed by atoms with Crippen LogP contribution in [-0.2, 0) is 4.79 Å². The second kappa shape index (κ2) is 11.7. The van der Waals surface area contributed by atoms with Crippen LogP contribution in [0.5, 0.6) is 0 Å². The van der Waals surface area contributed by atoms with Crippen LogP contribution in [0.1, 0.15) is 38.3 Å². The maximum Gasteiger partial charge on any atom is 0.206 e. The van der Waals surface area contributed by atoms with Crippen LogP contribution in [0.4, 0.5) is 0 Å². The number of aromatic amines is 1. The van der Waals surface area contributed by atoms with Gasteiger partial charge in [0.2, 0.25) is 6.41 Å². The number of likely N-dealkylation sites (tertiary alicyclic amines) is 1. The van der Waals surface area contributed by atoms with Gasteiger partial charge in [-0.1, -0.05) is 6.08 Å². The number of nitrogens with zero attached hydrogens (tertiary/aromatic N) is 4. The molecule has 1 atom stereocenters. The van der Waals surface area contributed by atoms with Gasteiger partial charge in [0.05, 0.1) is 5.69 Å². The van der Waals surface area contributed by atoms with E-state index in [1.165, 1.54) is 12.8 Å². The van der Waals surface area contributed by atoms with Crippen molar-refractivity contribution in [3.8, 4) is 0 Å². The normalized spacial score (nSPS) is 20.4. The highest BCUT2D eigenvalue weighted by Crippen LogP contribution is 2.30. The van der Waals surface area contributed by atoms with Crippen LogP contribution < -0.4 is 16.5 Å². The number of nitrogens with two attached hydrogens (primary N) is 1. The van der Waals surface area contributed by atoms with Crippen molar-refractivity contribution in [2.75, 3.05) is 20.6 Å². The summed E-state index contributed by atoms with van der Waals surface area (Å²) in [6.45, 7) is 3.11. The molecular weight excluding hydrogens is 368 g/mol. The highest BCUT2D eigenvalue weighted by molar-refractivity contribution is 6.12. The van der Waals surface area contributed by atoms with Crippen LogP contribution in [0.3, 0.4) is 0 Å². The van der Waals surface area contributed by atoms with Gasteiger partial charge in [0, 0.05) is 32.9 Å². The molecule has 2 heterocycles. The summed E-state index contributed by atoms with van der Waals surface area (Å²) in [7, 11) is 3.32. The Bertz CT molecular complexity index is 747. The maximum absolute atomic E-state index is 9.06. The predicted octanol–water partition coefficient (Wildman–Crippen LogP) is 1.42. The van der Waals surface area contributed by atoms with Crippen LogP contribution in [-0.4, -0.2) is 60.6 Å². The van der Waals surface area contributed by atoms with Crippen molar-refractivity contribution in [2.45, 2.75) is 38.6 Å². The lowest BCUT2D eigenvalue weighted by Gasteiger charge is -2.22. The number of aromatic nitrogens is 1. The third kappa shape index (κ3) is 7.44. The average molecular weight is 401 g/mol. The number of carbonyl (C=O) groups is 1. The molecule has 9 nitrogen and oxygen atoms in total. The van der Waals surface area contributed by atoms with E-state index < -0.39 is 0 Å². The molecule has 1 amide bonds. The number of H-pyrrole nitrogens is 1. The molecule has 0 aromatic carbocycles. The minimum absolute atomic E-state index is 0.411. The molecule has 29 heavy (non-hydrogen) atoms. The minimum Gasteiger partial charge on any atom is -0.369 e. The molecular formula is C20H32N8O. The van der Waals surface area contributed by atoms with Crippen molar-refractivity contribution in [3.05, 3.63) is 36.2 Å². The first-order valence-corrected chi connectivity index (χ1v) is 9.95. The van der Waals surface area contributed by atoms with Crippen molar-refractivity contribution in [3.63, 3.8) is 0 Å². The number of hydrogen-bond acceptors (Lipinski definition) is 3. The monoisotopic (exact) mass is 400 g/mol. The summed E-state index contributed by atoms with van der Waals surface area (Å²) >= 11 is 0. The van der Waals surface area contributed by atoms with Gasteiger partial charge in [0.15, 0.2) is 17.6 Å². The number of carbonyl (C=O) groups excluding carboxylic acids is 1. The van der Waals surface area contributed by atoms with Gasteiger partial charge in [-0.2, -0.15) is 10.1 Å². The molecule has 2 fully saturated rings. The Hall–Kier alpha value is -3.10. The first kappa shape index (κ1) is 22.2. The SMILES string of the molecule is CN/N=C(\C=C\C1CC1)N=C(N=C(N)N1CCC[C@@H]1C)c1ccc[nH]1.CNC=O. The van der Waals surface area contributed by atoms with Gasteiger partial charge in [0.1, 0.15) is 0 Å². The standard InChI is InChI=1S/C18H27N7.C2H5NO/c1-13-5-4-12-25(13)18(19)23-17(15-6-3-11-21-15)22-16(24-20-2)10-9-14-7-8-14;1-3-2-4/h3,6,9-11,13-14,20-21H,4-5,7-8,12H2,1-2H3,(H2,19,22,23,24);2H,1H3,(H,3,4)/b10-9+;/t13-;/m0./s1. The molecule has 2 aliphatic rings. The summed E-state index contributed by atoms with van der Waals surface area (Å²) in [5.41, 5.74) is 9.89. The lowest BCUT2D eigenvalue weighted by atomic mass is 10.2. The largest absolute Gasteiger partial charge is 0.369 e. The van der Waals surface area contributed by atoms with Crippen molar-refractivity contribution in [1.29, 1.82) is 0 Å². The molecule has 0 spiro atoms. The number of hydrazone groups is 1. The van der Waals surface area contributed by atoms with Crippen molar-refractivity contribution >= 4 is 24.0 Å². The van der Waals surface area contributed by atoms with E-state index >= 15 is 0 Å². The number of rotatable bonds is 5. The van der Waals surface area contributed by atoms with Gasteiger partial charge in [-0.05, 0) is 56.7 Å². The third-order valence-electron chi connectivity index (χ3n) is 4.61. The van der Waals surface area contributed by atoms with E-state index in [2.05, 4.69) is 48.7 Å². The summed E-state index contributed by atoms with van der Waals surface area (Å²) in [6, 6.07) is 4.27. The fraction of sp³-hybridized carbons (Fsp3) is 0.500. The fourth-order valence-corrected chi connectivity index (χ4v) is 2.89. The zero-order valence-corrected chi connectivity index (χ0v) is 17.4. The van der Waals surface area contributed by atoms with Crippen molar-refractivity contribution in [2.24, 2.45) is 26.7 Å². The summed E-state index contributed by atoms with van der Waals surface area (Å²) in [5.74, 6) is 2.29. The minimum atomic E-state index is 0.411. The Balaban J connectivity index is 0.000000687. The Morgan fingerprint density at radius 1 is 1.31 bits per heavy atom. The summed E-state index contributed by atoms with van der Waals surface area (Å²) in [6.07, 6.45) is 11.3. The van der Waals surface area contributed by atoms with Crippen molar-refractivity contribution in [1.82, 2.24) is 20.6 Å². The highest BCUT2D eigenvalue weighted by atomic mass is 16.1. The molecule has 1 saturated heterocycles. The lowest BCUT2D eigenvalue weighted by Crippen LogP contribution is -2.40. The lowest BCUT2D eigenvalue weighted by molar-refractivity contribution is -0.109. The van der Waals surface area contributed by atoms with Gasteiger partial charge < -0.3 is 26.4 Å². The van der Waals surface area contributed by atoms with E-state index in [4.69, 9.17) is 10.5 Å². The summed E-state index contributed by atoms with van der Waals surface area (Å²) in [5, 5.41) is 6.50. The topological polar surface area (TPSA) is 123 Å². The molecule has 0 unspecified atom stereocenters. The molecule has 9 heteroatoms. The van der Waals surface area contributed by atoms with Gasteiger partial charge in [0.25, 0.3) is 0 Å². The molecule has 3 rings (SSSR count). The predicted molar refractivity (Wildman–Crippen MR) is 118 cm³/mol. The molecule has 1 aliphatic carbocycles. The first-order valence-electron chi connectivity index (χ1n) is 9.95. The van der Waals surface area contributed by atoms with E-state index in [9.17, 15) is 0 Å². The van der Waals surface area contributed by atoms with E-state index in [0.717, 1.165) is 25.1 Å². The quantitative estimate of drug-likeness (QED) is 0.258. The second-order valence-electron chi connectivity index (χ2n) is 6.97. The zero-order chi connectivity index (χ0) is 21.1. The van der Waals surface area contributed by atoms with E-state index in [1.54, 1.807) is 14.1 Å². The molecule has 158 valence electrons. The Kier molecular flexibility index (Phi) is 8.94. The van der Waals surface area contributed by atoms with Gasteiger partial charge >= 0.3 is 0 Å². The smallest absolute Gasteiger partial charge is 0.206 e. The molecule has 1 aromatic heterocycles. The van der Waals surface area contributed by atoms with Crippen LogP contribution in [0.15, 0.2) is 45.6 Å². The first-order chi connectivity index (χ1) is 14.1. The summed E-state index contributed by atoms with van der Waals surface area (Å²) in [4.78, 5) is 23.6. The maximum atomic E-state index is 9.06. The molecule has 0 radical (unpaired) electrons. The number of aliphatic imine (C=N–C) groups is 2. The summed E-state index contributed by atoms with van der Waals surface area (Å²) < 4.78 is 0. The average Bonchev–Trinajstić information content (AvgIpc) is 3.19. The van der Waals surface area contributed by atoms with Crippen LogP contribution in [0, 0.1) is 5.92 Å². The molecule has 5 N–H and O–H groups in total. The molecule has 0 bridgehead atoms. The van der Waals surface area contributed by atoms with E-state index in [1.807, 2.05) is 24.4 Å². The van der Waals surface area contributed by atoms with Crippen LogP contribution in [0.2, 0.25) is 0 Å². The zero-order valence-electron chi connectivity index (χ0n) is 17.4. The van der Waals surface area contributed by atoms with E-state index in [-0.39, 0.29) is 0 Å². The van der Waals surface area contributed by atoms with Crippen LogP contribution >= 0.6 is 0 Å². The Morgan fingerprint density at radius 3 is 2.59 bits per heavy atom. The Morgan fingerprint density at radius 2 is 2.07 bits per heavy atom. The molecule has 1 aliphatic heterocycles. The van der Waals surface area contributed by atoms with Gasteiger partial charge in [-0.15, -0.1) is 0 Å². The number of hydrogen-bond donors (Lipinski definition) is 4. The van der Waals surface area contributed by atoms with Crippen molar-refractivity contribution < 1.29 is 4.79 Å². The van der Waals surface area contributed by atoms with Gasteiger partial charge in [-0.25, -0.2) is 4.99 Å². The van der Waals surface area contributed by atoms with Crippen LogP contribution in [0.25, 0.3) is 0 Å². The number of nitrogens with one attached hydrogen (secondary N) is 3. The number of guanidine groups is 1. The van der Waals surface area contributed by atoms with Gasteiger partial charge in [-0.3, -0.25) is 4.79 Å². The number of amidine groups is 2.